The zero-order valence-corrected chi connectivity index (χ0v) is 17.1. The fraction of sp³-hybridized carbons (Fsp3) is 0.286. The number of amides is 2. The van der Waals surface area contributed by atoms with Crippen molar-refractivity contribution in [3.8, 4) is 11.4 Å². The van der Waals surface area contributed by atoms with E-state index >= 15 is 0 Å². The van der Waals surface area contributed by atoms with Crippen molar-refractivity contribution < 1.29 is 9.32 Å². The van der Waals surface area contributed by atoms with Crippen LogP contribution >= 0.6 is 15.9 Å². The Bertz CT molecular complexity index is 945. The van der Waals surface area contributed by atoms with Gasteiger partial charge in [-0.1, -0.05) is 38.8 Å². The Kier molecular flexibility index (Phi) is 5.43. The Labute approximate surface area is 172 Å². The van der Waals surface area contributed by atoms with Crippen LogP contribution in [0.3, 0.4) is 0 Å². The van der Waals surface area contributed by atoms with E-state index in [1.165, 1.54) is 5.56 Å². The summed E-state index contributed by atoms with van der Waals surface area (Å²) in [5, 5.41) is 7.07. The molecule has 6 nitrogen and oxygen atoms in total. The smallest absolute Gasteiger partial charge is 0.321 e. The van der Waals surface area contributed by atoms with Crippen molar-refractivity contribution in [3.05, 3.63) is 64.5 Å². The average molecular weight is 441 g/mol. The minimum absolute atomic E-state index is 0.0663. The number of carbonyl (C=O) groups is 1. The predicted octanol–water partition coefficient (Wildman–Crippen LogP) is 5.22. The molecule has 4 rings (SSSR count). The lowest BCUT2D eigenvalue weighted by Crippen LogP contribution is -2.40. The normalized spacial score (nSPS) is 14.9. The van der Waals surface area contributed by atoms with Gasteiger partial charge >= 0.3 is 6.03 Å². The molecule has 28 heavy (non-hydrogen) atoms. The minimum Gasteiger partial charge on any atom is -0.339 e. The molecule has 144 valence electrons. The van der Waals surface area contributed by atoms with Crippen molar-refractivity contribution in [2.75, 3.05) is 18.4 Å². The monoisotopic (exact) mass is 440 g/mol. The first-order valence-corrected chi connectivity index (χ1v) is 10.1. The molecule has 0 bridgehead atoms. The largest absolute Gasteiger partial charge is 0.339 e. The highest BCUT2D eigenvalue weighted by Crippen LogP contribution is 2.29. The van der Waals surface area contributed by atoms with Gasteiger partial charge in [0.15, 0.2) is 0 Å². The van der Waals surface area contributed by atoms with E-state index in [0.717, 1.165) is 28.6 Å². The van der Waals surface area contributed by atoms with Crippen molar-refractivity contribution in [2.24, 2.45) is 0 Å². The fourth-order valence-corrected chi connectivity index (χ4v) is 3.55. The van der Waals surface area contributed by atoms with Crippen LogP contribution in [0.25, 0.3) is 11.4 Å². The first-order chi connectivity index (χ1) is 13.6. The predicted molar refractivity (Wildman–Crippen MR) is 111 cm³/mol. The summed E-state index contributed by atoms with van der Waals surface area (Å²) in [6.07, 6.45) is 1.62. The quantitative estimate of drug-likeness (QED) is 0.605. The lowest BCUT2D eigenvalue weighted by atomic mass is 9.97. The summed E-state index contributed by atoms with van der Waals surface area (Å²) in [5.74, 6) is 1.43. The van der Waals surface area contributed by atoms with Crippen LogP contribution < -0.4 is 5.32 Å². The van der Waals surface area contributed by atoms with E-state index in [1.54, 1.807) is 0 Å². The molecule has 2 aromatic carbocycles. The highest BCUT2D eigenvalue weighted by atomic mass is 79.9. The summed E-state index contributed by atoms with van der Waals surface area (Å²) in [6.45, 7) is 3.35. The van der Waals surface area contributed by atoms with E-state index in [0.29, 0.717) is 24.8 Å². The Morgan fingerprint density at radius 2 is 1.79 bits per heavy atom. The molecule has 0 spiro atoms. The highest BCUT2D eigenvalue weighted by molar-refractivity contribution is 9.10. The van der Waals surface area contributed by atoms with Gasteiger partial charge in [-0.25, -0.2) is 4.79 Å². The molecule has 1 aliphatic heterocycles. The second-order valence-corrected chi connectivity index (χ2v) is 7.94. The van der Waals surface area contributed by atoms with Gasteiger partial charge in [0.2, 0.25) is 11.7 Å². The Balaban J connectivity index is 1.34. The third-order valence-corrected chi connectivity index (χ3v) is 5.51. The lowest BCUT2D eigenvalue weighted by Gasteiger charge is -2.30. The maximum Gasteiger partial charge on any atom is 0.321 e. The van der Waals surface area contributed by atoms with Gasteiger partial charge in [0.25, 0.3) is 0 Å². The van der Waals surface area contributed by atoms with Gasteiger partial charge in [0.1, 0.15) is 0 Å². The molecule has 0 saturated carbocycles. The van der Waals surface area contributed by atoms with Gasteiger partial charge in [-0.3, -0.25) is 0 Å². The average Bonchev–Trinajstić information content (AvgIpc) is 3.20. The molecule has 0 aliphatic carbocycles. The van der Waals surface area contributed by atoms with Gasteiger partial charge in [-0.2, -0.15) is 4.98 Å². The molecular formula is C21H21BrN4O2. The molecule has 0 radical (unpaired) electrons. The molecule has 1 fully saturated rings. The fourth-order valence-electron chi connectivity index (χ4n) is 3.29. The van der Waals surface area contributed by atoms with Crippen molar-refractivity contribution in [1.29, 1.82) is 0 Å². The number of hydrogen-bond donors (Lipinski definition) is 1. The molecule has 0 atom stereocenters. The minimum atomic E-state index is -0.0663. The summed E-state index contributed by atoms with van der Waals surface area (Å²) < 4.78 is 6.51. The molecule has 1 aromatic heterocycles. The number of urea groups is 1. The van der Waals surface area contributed by atoms with Crippen LogP contribution in [0.1, 0.15) is 30.2 Å². The van der Waals surface area contributed by atoms with Gasteiger partial charge < -0.3 is 14.7 Å². The van der Waals surface area contributed by atoms with Crippen LogP contribution in [0.15, 0.2) is 57.5 Å². The molecule has 1 aliphatic rings. The standard InChI is InChI=1S/C21H21BrN4O2/c1-14-2-8-18(9-3-14)23-21(27)26-12-10-16(11-13-26)20-24-19(25-28-20)15-4-6-17(22)7-5-15/h2-9,16H,10-13H2,1H3,(H,23,27). The van der Waals surface area contributed by atoms with Crippen molar-refractivity contribution >= 4 is 27.6 Å². The maximum absolute atomic E-state index is 12.5. The highest BCUT2D eigenvalue weighted by Gasteiger charge is 2.27. The maximum atomic E-state index is 12.5. The van der Waals surface area contributed by atoms with E-state index in [9.17, 15) is 4.79 Å². The number of nitrogens with one attached hydrogen (secondary N) is 1. The zero-order chi connectivity index (χ0) is 19.5. The van der Waals surface area contributed by atoms with Crippen LogP contribution in [0.2, 0.25) is 0 Å². The lowest BCUT2D eigenvalue weighted by molar-refractivity contribution is 0.187. The number of rotatable bonds is 3. The van der Waals surface area contributed by atoms with Gasteiger partial charge in [0, 0.05) is 34.7 Å². The summed E-state index contributed by atoms with van der Waals surface area (Å²) in [6, 6.07) is 15.6. The van der Waals surface area contributed by atoms with E-state index in [4.69, 9.17) is 4.52 Å². The Morgan fingerprint density at radius 1 is 1.11 bits per heavy atom. The molecule has 1 saturated heterocycles. The molecular weight excluding hydrogens is 420 g/mol. The summed E-state index contributed by atoms with van der Waals surface area (Å²) in [7, 11) is 0. The van der Waals surface area contributed by atoms with Crippen LogP contribution in [-0.4, -0.2) is 34.2 Å². The summed E-state index contributed by atoms with van der Waals surface area (Å²) in [5.41, 5.74) is 2.91. The molecule has 0 unspecified atom stereocenters. The van der Waals surface area contributed by atoms with Crippen molar-refractivity contribution in [2.45, 2.75) is 25.7 Å². The van der Waals surface area contributed by atoms with Crippen LogP contribution in [0.5, 0.6) is 0 Å². The number of benzene rings is 2. The summed E-state index contributed by atoms with van der Waals surface area (Å²) >= 11 is 3.43. The van der Waals surface area contributed by atoms with Gasteiger partial charge in [-0.05, 0) is 56.2 Å². The summed E-state index contributed by atoms with van der Waals surface area (Å²) in [4.78, 5) is 18.9. The van der Waals surface area contributed by atoms with E-state index < -0.39 is 0 Å². The second-order valence-electron chi connectivity index (χ2n) is 7.02. The number of hydrogen-bond acceptors (Lipinski definition) is 4. The molecule has 2 heterocycles. The molecule has 1 N–H and O–H groups in total. The topological polar surface area (TPSA) is 71.3 Å². The number of nitrogens with zero attached hydrogens (tertiary/aromatic N) is 3. The second kappa shape index (κ2) is 8.14. The van der Waals surface area contributed by atoms with E-state index in [2.05, 4.69) is 31.4 Å². The Morgan fingerprint density at radius 3 is 2.46 bits per heavy atom. The number of aromatic nitrogens is 2. The number of aryl methyl sites for hydroxylation is 1. The van der Waals surface area contributed by atoms with Gasteiger partial charge in [-0.15, -0.1) is 0 Å². The third-order valence-electron chi connectivity index (χ3n) is 4.98. The number of anilines is 1. The Hall–Kier alpha value is -2.67. The number of carbonyl (C=O) groups excluding carboxylic acids is 1. The van der Waals surface area contributed by atoms with E-state index in [1.807, 2.05) is 60.4 Å². The van der Waals surface area contributed by atoms with Crippen LogP contribution in [0, 0.1) is 6.92 Å². The van der Waals surface area contributed by atoms with Crippen LogP contribution in [-0.2, 0) is 0 Å². The van der Waals surface area contributed by atoms with E-state index in [-0.39, 0.29) is 11.9 Å². The third kappa shape index (κ3) is 4.25. The van der Waals surface area contributed by atoms with Crippen LogP contribution in [0.4, 0.5) is 10.5 Å². The van der Waals surface area contributed by atoms with Gasteiger partial charge in [0.05, 0.1) is 0 Å². The van der Waals surface area contributed by atoms with Crippen molar-refractivity contribution in [1.82, 2.24) is 15.0 Å². The zero-order valence-electron chi connectivity index (χ0n) is 15.6. The number of likely N-dealkylation sites (tertiary alicyclic amines) is 1. The molecule has 2 amide bonds. The van der Waals surface area contributed by atoms with Crippen molar-refractivity contribution in [3.63, 3.8) is 0 Å². The first-order valence-electron chi connectivity index (χ1n) is 9.30. The molecule has 3 aromatic rings. The number of piperidine rings is 1. The first kappa shape index (κ1) is 18.7. The molecule has 7 heteroatoms. The number of halogens is 1. The SMILES string of the molecule is Cc1ccc(NC(=O)N2CCC(c3nc(-c4ccc(Br)cc4)no3)CC2)cc1.